The van der Waals surface area contributed by atoms with Crippen molar-refractivity contribution in [1.82, 2.24) is 0 Å². The molecule has 4 heteroatoms. The van der Waals surface area contributed by atoms with E-state index in [2.05, 4.69) is 6.21 Å². The zero-order valence-electron chi connectivity index (χ0n) is 13.0. The Hall–Kier alpha value is -0.193. The maximum Gasteiger partial charge on any atom is 0.141 e. The Balaban J connectivity index is 2.18. The van der Waals surface area contributed by atoms with Gasteiger partial charge < -0.3 is 9.47 Å². The third-order valence-electron chi connectivity index (χ3n) is 3.75. The predicted octanol–water partition coefficient (Wildman–Crippen LogP) is 2.65. The van der Waals surface area contributed by atoms with Crippen LogP contribution in [0.1, 0.15) is 65.2 Å². The number of aliphatic imine (C=N–C) groups is 1. The van der Waals surface area contributed by atoms with Gasteiger partial charge >= 0.3 is 0 Å². The van der Waals surface area contributed by atoms with E-state index in [1.165, 1.54) is 32.1 Å². The van der Waals surface area contributed by atoms with Crippen LogP contribution in [0.3, 0.4) is 0 Å². The zero-order chi connectivity index (χ0) is 14.0. The van der Waals surface area contributed by atoms with Crippen LogP contribution in [0, 0.1) is 0 Å². The van der Waals surface area contributed by atoms with Crippen molar-refractivity contribution in [2.75, 3.05) is 13.2 Å². The van der Waals surface area contributed by atoms with Gasteiger partial charge in [0.15, 0.2) is 0 Å². The third-order valence-corrected chi connectivity index (χ3v) is 4.83. The molecule has 1 saturated carbocycles. The van der Waals surface area contributed by atoms with Gasteiger partial charge in [0.05, 0.1) is 10.2 Å². The van der Waals surface area contributed by atoms with Crippen LogP contribution in [0.15, 0.2) is 4.99 Å². The van der Waals surface area contributed by atoms with Crippen LogP contribution in [0.25, 0.3) is 0 Å². The molecule has 0 atom stereocenters. The molecule has 0 aromatic carbocycles. The van der Waals surface area contributed by atoms with E-state index in [1.54, 1.807) is 0 Å². The average molecular weight is 286 g/mol. The summed E-state index contributed by atoms with van der Waals surface area (Å²) in [5.41, 5.74) is -0.276. The topological polar surface area (TPSA) is 30.8 Å². The largest absolute Gasteiger partial charge is 0.355 e. The molecule has 1 aliphatic rings. The predicted molar refractivity (Wildman–Crippen MR) is 85.1 cm³/mol. The Morgan fingerprint density at radius 3 is 2.37 bits per heavy atom. The lowest BCUT2D eigenvalue weighted by atomic mass is 9.96. The van der Waals surface area contributed by atoms with Gasteiger partial charge in [-0.1, -0.05) is 19.3 Å². The number of hydrogen-bond acceptors (Lipinski definition) is 3. The van der Waals surface area contributed by atoms with Crippen LogP contribution in [-0.2, 0) is 9.47 Å². The van der Waals surface area contributed by atoms with E-state index in [0.717, 1.165) is 42.7 Å². The summed E-state index contributed by atoms with van der Waals surface area (Å²) in [5.74, 6) is 0. The highest BCUT2D eigenvalue weighted by atomic mass is 28.1. The van der Waals surface area contributed by atoms with Gasteiger partial charge in [-0.2, -0.15) is 0 Å². The van der Waals surface area contributed by atoms with E-state index in [1.807, 2.05) is 13.8 Å². The van der Waals surface area contributed by atoms with Crippen LogP contribution < -0.4 is 0 Å². The molecular formula is C15H31NO2Si. The lowest BCUT2D eigenvalue weighted by Gasteiger charge is -2.29. The minimum absolute atomic E-state index is 0.276. The Kier molecular flexibility index (Phi) is 8.58. The molecule has 0 aliphatic heterocycles. The first-order valence-electron chi connectivity index (χ1n) is 7.99. The first-order chi connectivity index (χ1) is 9.20. The van der Waals surface area contributed by atoms with Crippen LogP contribution in [0.2, 0.25) is 0 Å². The van der Waals surface area contributed by atoms with Crippen molar-refractivity contribution in [2.45, 2.75) is 76.7 Å². The van der Waals surface area contributed by atoms with Crippen molar-refractivity contribution in [1.29, 1.82) is 0 Å². The van der Waals surface area contributed by atoms with E-state index >= 15 is 0 Å². The Morgan fingerprint density at radius 1 is 1.16 bits per heavy atom. The fourth-order valence-electron chi connectivity index (χ4n) is 2.76. The highest BCUT2D eigenvalue weighted by Gasteiger charge is 2.23. The maximum absolute atomic E-state index is 5.76. The molecule has 19 heavy (non-hydrogen) atoms. The number of unbranched alkanes of at least 4 members (excludes halogenated alkanes) is 1. The van der Waals surface area contributed by atoms with Gasteiger partial charge in [0.1, 0.15) is 5.41 Å². The summed E-state index contributed by atoms with van der Waals surface area (Å²) >= 11 is 0. The van der Waals surface area contributed by atoms with Crippen molar-refractivity contribution < 1.29 is 9.47 Å². The SMILES string of the molecule is CCOC([SiH3])(CCCC=NC1CCCCC1)OCC. The van der Waals surface area contributed by atoms with Crippen LogP contribution >= 0.6 is 0 Å². The van der Waals surface area contributed by atoms with Crippen molar-refractivity contribution in [2.24, 2.45) is 4.99 Å². The summed E-state index contributed by atoms with van der Waals surface area (Å²) in [6.45, 7) is 5.55. The van der Waals surface area contributed by atoms with Gasteiger partial charge in [0.25, 0.3) is 0 Å². The van der Waals surface area contributed by atoms with Crippen molar-refractivity contribution in [3.05, 3.63) is 0 Å². The summed E-state index contributed by atoms with van der Waals surface area (Å²) in [4.78, 5) is 4.70. The van der Waals surface area contributed by atoms with E-state index in [9.17, 15) is 0 Å². The second-order valence-corrected chi connectivity index (χ2v) is 7.04. The van der Waals surface area contributed by atoms with E-state index in [4.69, 9.17) is 14.5 Å². The van der Waals surface area contributed by atoms with Crippen molar-refractivity contribution in [3.63, 3.8) is 0 Å². The second kappa shape index (κ2) is 9.67. The summed E-state index contributed by atoms with van der Waals surface area (Å²) < 4.78 is 11.5. The molecule has 1 fully saturated rings. The second-order valence-electron chi connectivity index (χ2n) is 5.52. The molecule has 3 nitrogen and oxygen atoms in total. The van der Waals surface area contributed by atoms with Gasteiger partial charge in [0.2, 0.25) is 0 Å². The molecule has 0 saturated heterocycles. The van der Waals surface area contributed by atoms with Crippen LogP contribution in [-0.4, -0.2) is 41.1 Å². The molecule has 112 valence electrons. The van der Waals surface area contributed by atoms with E-state index in [0.29, 0.717) is 6.04 Å². The molecule has 1 aliphatic carbocycles. The van der Waals surface area contributed by atoms with Crippen molar-refractivity contribution in [3.8, 4) is 0 Å². The Labute approximate surface area is 121 Å². The number of hydrogen-bond donors (Lipinski definition) is 0. The number of ether oxygens (including phenoxy) is 2. The first kappa shape index (κ1) is 16.9. The van der Waals surface area contributed by atoms with Crippen LogP contribution in [0.4, 0.5) is 0 Å². The first-order valence-corrected chi connectivity index (χ1v) is 8.99. The van der Waals surface area contributed by atoms with E-state index in [-0.39, 0.29) is 5.41 Å². The normalized spacial score (nSPS) is 18.4. The fourth-order valence-corrected chi connectivity index (χ4v) is 3.70. The molecule has 0 aromatic heterocycles. The lowest BCUT2D eigenvalue weighted by Crippen LogP contribution is -2.36. The highest BCUT2D eigenvalue weighted by Crippen LogP contribution is 2.20. The van der Waals surface area contributed by atoms with Gasteiger partial charge in [-0.15, -0.1) is 0 Å². The fraction of sp³-hybridized carbons (Fsp3) is 0.933. The number of nitrogens with zero attached hydrogens (tertiary/aromatic N) is 1. The highest BCUT2D eigenvalue weighted by molar-refractivity contribution is 6.13. The molecular weight excluding hydrogens is 254 g/mol. The molecule has 0 heterocycles. The standard InChI is InChI=1S/C15H31NO2Si/c1-3-17-15(19,18-4-2)12-8-9-13-16-14-10-6-5-7-11-14/h13-14H,3-12H2,1-2,19H3. The molecule has 0 aromatic rings. The smallest absolute Gasteiger partial charge is 0.141 e. The third kappa shape index (κ3) is 7.23. The summed E-state index contributed by atoms with van der Waals surface area (Å²) in [6, 6.07) is 0.605. The van der Waals surface area contributed by atoms with Gasteiger partial charge in [0, 0.05) is 19.3 Å². The maximum atomic E-state index is 5.76. The number of rotatable bonds is 9. The molecule has 1 rings (SSSR count). The Morgan fingerprint density at radius 2 is 1.79 bits per heavy atom. The minimum atomic E-state index is -0.276. The van der Waals surface area contributed by atoms with E-state index < -0.39 is 0 Å². The van der Waals surface area contributed by atoms with Gasteiger partial charge in [-0.25, -0.2) is 0 Å². The van der Waals surface area contributed by atoms with Gasteiger partial charge in [-0.3, -0.25) is 4.99 Å². The quantitative estimate of drug-likeness (QED) is 0.282. The molecule has 0 amide bonds. The average Bonchev–Trinajstić information content (AvgIpc) is 2.40. The molecule has 0 unspecified atom stereocenters. The summed E-state index contributed by atoms with van der Waals surface area (Å²) in [6.07, 6.45) is 12.0. The van der Waals surface area contributed by atoms with Crippen LogP contribution in [0.5, 0.6) is 0 Å². The summed E-state index contributed by atoms with van der Waals surface area (Å²) in [5, 5.41) is 0. The van der Waals surface area contributed by atoms with Crippen molar-refractivity contribution >= 4 is 16.5 Å². The zero-order valence-corrected chi connectivity index (χ0v) is 15.0. The monoisotopic (exact) mass is 285 g/mol. The molecule has 0 bridgehead atoms. The molecule has 0 N–H and O–H groups in total. The minimum Gasteiger partial charge on any atom is -0.355 e. The summed E-state index contributed by atoms with van der Waals surface area (Å²) in [7, 11) is 0.925. The molecule has 0 radical (unpaired) electrons. The Bertz CT molecular complexity index is 247. The molecule has 0 spiro atoms. The van der Waals surface area contributed by atoms with Gasteiger partial charge in [-0.05, 0) is 52.2 Å². The lowest BCUT2D eigenvalue weighted by molar-refractivity contribution is -0.177.